The second kappa shape index (κ2) is 9.46. The van der Waals surface area contributed by atoms with Crippen LogP contribution in [0.25, 0.3) is 10.8 Å². The Kier molecular flexibility index (Phi) is 7.01. The lowest BCUT2D eigenvalue weighted by atomic mass is 9.78. The maximum atomic E-state index is 12.6. The van der Waals surface area contributed by atoms with Crippen LogP contribution in [0, 0.1) is 11.8 Å². The van der Waals surface area contributed by atoms with E-state index in [0.717, 1.165) is 24.3 Å². The summed E-state index contributed by atoms with van der Waals surface area (Å²) < 4.78 is 5.78. The van der Waals surface area contributed by atoms with E-state index in [2.05, 4.69) is 41.2 Å². The molecule has 0 spiro atoms. The molecule has 3 atom stereocenters. The van der Waals surface area contributed by atoms with Gasteiger partial charge in [-0.2, -0.15) is 0 Å². The summed E-state index contributed by atoms with van der Waals surface area (Å²) in [6.07, 6.45) is 4.51. The summed E-state index contributed by atoms with van der Waals surface area (Å²) in [5.41, 5.74) is 0. The minimum atomic E-state index is 0.0902. The molecule has 1 amide bonds. The third-order valence-electron chi connectivity index (χ3n) is 5.52. The van der Waals surface area contributed by atoms with Gasteiger partial charge in [-0.1, -0.05) is 39.7 Å². The summed E-state index contributed by atoms with van der Waals surface area (Å²) in [7, 11) is 0. The second-order valence-electron chi connectivity index (χ2n) is 7.63. The lowest BCUT2D eigenvalue weighted by Crippen LogP contribution is -2.47. The fraction of sp³-hybridized carbons (Fsp3) is 0.650. The molecule has 27 heavy (non-hydrogen) atoms. The largest absolute Gasteiger partial charge is 0.419 e. The fourth-order valence-electron chi connectivity index (χ4n) is 3.78. The van der Waals surface area contributed by atoms with Gasteiger partial charge in [0.15, 0.2) is 0 Å². The summed E-state index contributed by atoms with van der Waals surface area (Å²) in [4.78, 5) is 15.7. The highest BCUT2D eigenvalue weighted by atomic mass is 32.1. The van der Waals surface area contributed by atoms with E-state index in [9.17, 15) is 4.79 Å². The standard InChI is InChI=1S/C20H30N4O2S/c1-4-10-24(12-18(25)21-16-8-5-7-14(2)15(16)3)13-19-22-23-20(26-19)17-9-6-11-27-17/h6,9,11,14-16H,4-5,7-8,10,12-13H2,1-3H3,(H,21,25). The zero-order valence-corrected chi connectivity index (χ0v) is 17.3. The quantitative estimate of drug-likeness (QED) is 0.739. The minimum absolute atomic E-state index is 0.0902. The Bertz CT molecular complexity index is 715. The minimum Gasteiger partial charge on any atom is -0.419 e. The highest BCUT2D eigenvalue weighted by Gasteiger charge is 2.28. The SMILES string of the molecule is CCCN(CC(=O)NC1CCCC(C)C1C)Cc1nnc(-c2cccs2)o1. The average Bonchev–Trinajstić information content (AvgIpc) is 3.30. The van der Waals surface area contributed by atoms with Crippen LogP contribution in [-0.2, 0) is 11.3 Å². The molecule has 1 N–H and O–H groups in total. The van der Waals surface area contributed by atoms with Gasteiger partial charge in [0.1, 0.15) is 0 Å². The predicted octanol–water partition coefficient (Wildman–Crippen LogP) is 3.95. The monoisotopic (exact) mass is 390 g/mol. The first-order valence-corrected chi connectivity index (χ1v) is 10.8. The summed E-state index contributed by atoms with van der Waals surface area (Å²) in [5, 5.41) is 13.5. The molecule has 0 bridgehead atoms. The number of aromatic nitrogens is 2. The van der Waals surface area contributed by atoms with Crippen molar-refractivity contribution >= 4 is 17.2 Å². The van der Waals surface area contributed by atoms with E-state index in [1.54, 1.807) is 11.3 Å². The van der Waals surface area contributed by atoms with Crippen LogP contribution in [0.2, 0.25) is 0 Å². The summed E-state index contributed by atoms with van der Waals surface area (Å²) in [6, 6.07) is 4.22. The molecule has 1 fully saturated rings. The lowest BCUT2D eigenvalue weighted by molar-refractivity contribution is -0.123. The number of carbonyl (C=O) groups is 1. The molecule has 0 radical (unpaired) electrons. The van der Waals surface area contributed by atoms with E-state index in [4.69, 9.17) is 4.42 Å². The maximum absolute atomic E-state index is 12.6. The summed E-state index contributed by atoms with van der Waals surface area (Å²) >= 11 is 1.57. The van der Waals surface area contributed by atoms with Crippen LogP contribution in [0.4, 0.5) is 0 Å². The Labute approximate surface area is 165 Å². The molecule has 1 aliphatic rings. The van der Waals surface area contributed by atoms with E-state index in [-0.39, 0.29) is 5.91 Å². The van der Waals surface area contributed by atoms with Gasteiger partial charge in [0.05, 0.1) is 18.0 Å². The number of rotatable bonds is 8. The summed E-state index contributed by atoms with van der Waals surface area (Å²) in [6.45, 7) is 8.33. The Balaban J connectivity index is 1.56. The number of thiophene rings is 1. The highest BCUT2D eigenvalue weighted by Crippen LogP contribution is 2.29. The highest BCUT2D eigenvalue weighted by molar-refractivity contribution is 7.13. The Morgan fingerprint density at radius 3 is 2.96 bits per heavy atom. The van der Waals surface area contributed by atoms with Crippen molar-refractivity contribution < 1.29 is 9.21 Å². The van der Waals surface area contributed by atoms with Gasteiger partial charge >= 0.3 is 0 Å². The van der Waals surface area contributed by atoms with Gasteiger partial charge in [0.2, 0.25) is 11.8 Å². The summed E-state index contributed by atoms with van der Waals surface area (Å²) in [5.74, 6) is 2.40. The number of nitrogens with one attached hydrogen (secondary N) is 1. The molecule has 2 aromatic rings. The molecule has 148 valence electrons. The molecule has 3 unspecified atom stereocenters. The number of nitrogens with zero attached hydrogens (tertiary/aromatic N) is 3. The zero-order chi connectivity index (χ0) is 19.2. The smallest absolute Gasteiger partial charge is 0.257 e. The van der Waals surface area contributed by atoms with Crippen molar-refractivity contribution in [3.8, 4) is 10.8 Å². The maximum Gasteiger partial charge on any atom is 0.257 e. The zero-order valence-electron chi connectivity index (χ0n) is 16.5. The van der Waals surface area contributed by atoms with E-state index in [0.29, 0.717) is 42.7 Å². The molecule has 2 aromatic heterocycles. The molecule has 6 nitrogen and oxygen atoms in total. The lowest BCUT2D eigenvalue weighted by Gasteiger charge is -2.35. The fourth-order valence-corrected chi connectivity index (χ4v) is 4.42. The van der Waals surface area contributed by atoms with Crippen molar-refractivity contribution in [1.82, 2.24) is 20.4 Å². The van der Waals surface area contributed by atoms with Crippen LogP contribution >= 0.6 is 11.3 Å². The van der Waals surface area contributed by atoms with E-state index < -0.39 is 0 Å². The first-order valence-electron chi connectivity index (χ1n) is 9.94. The van der Waals surface area contributed by atoms with Crippen LogP contribution in [-0.4, -0.2) is 40.1 Å². The topological polar surface area (TPSA) is 71.3 Å². The van der Waals surface area contributed by atoms with Gasteiger partial charge in [-0.25, -0.2) is 0 Å². The first-order chi connectivity index (χ1) is 13.1. The number of hydrogen-bond acceptors (Lipinski definition) is 6. The van der Waals surface area contributed by atoms with Gasteiger partial charge in [0, 0.05) is 6.04 Å². The first kappa shape index (κ1) is 20.0. The third kappa shape index (κ3) is 5.39. The molecule has 1 aliphatic carbocycles. The Morgan fingerprint density at radius 1 is 1.37 bits per heavy atom. The molecule has 7 heteroatoms. The molecular formula is C20H30N4O2S. The molecule has 0 aliphatic heterocycles. The van der Waals surface area contributed by atoms with Crippen molar-refractivity contribution in [1.29, 1.82) is 0 Å². The second-order valence-corrected chi connectivity index (χ2v) is 8.58. The van der Waals surface area contributed by atoms with E-state index in [1.807, 2.05) is 17.5 Å². The van der Waals surface area contributed by atoms with Crippen LogP contribution < -0.4 is 5.32 Å². The van der Waals surface area contributed by atoms with Gasteiger partial charge in [0.25, 0.3) is 5.89 Å². The molecule has 1 saturated carbocycles. The van der Waals surface area contributed by atoms with E-state index in [1.165, 1.54) is 12.8 Å². The normalized spacial score (nSPS) is 22.9. The van der Waals surface area contributed by atoms with E-state index >= 15 is 0 Å². The van der Waals surface area contributed by atoms with Gasteiger partial charge in [-0.15, -0.1) is 21.5 Å². The molecule has 0 aromatic carbocycles. The van der Waals surface area contributed by atoms with Crippen molar-refractivity contribution in [2.24, 2.45) is 11.8 Å². The van der Waals surface area contributed by atoms with Crippen LogP contribution in [0.5, 0.6) is 0 Å². The third-order valence-corrected chi connectivity index (χ3v) is 6.38. The molecule has 0 saturated heterocycles. The molecule has 2 heterocycles. The van der Waals surface area contributed by atoms with Gasteiger partial charge in [-0.05, 0) is 42.7 Å². The molecule has 3 rings (SSSR count). The Morgan fingerprint density at radius 2 is 2.22 bits per heavy atom. The van der Waals surface area contributed by atoms with Crippen LogP contribution in [0.15, 0.2) is 21.9 Å². The van der Waals surface area contributed by atoms with Crippen LogP contribution in [0.1, 0.15) is 52.3 Å². The average molecular weight is 391 g/mol. The van der Waals surface area contributed by atoms with Crippen molar-refractivity contribution in [2.75, 3.05) is 13.1 Å². The number of amides is 1. The van der Waals surface area contributed by atoms with Gasteiger partial charge in [-0.3, -0.25) is 9.69 Å². The van der Waals surface area contributed by atoms with Crippen molar-refractivity contribution in [3.05, 3.63) is 23.4 Å². The van der Waals surface area contributed by atoms with Gasteiger partial charge < -0.3 is 9.73 Å². The predicted molar refractivity (Wildman–Crippen MR) is 107 cm³/mol. The number of carbonyl (C=O) groups excluding carboxylic acids is 1. The van der Waals surface area contributed by atoms with Crippen molar-refractivity contribution in [3.63, 3.8) is 0 Å². The number of hydrogen-bond donors (Lipinski definition) is 1. The Hall–Kier alpha value is -1.73. The molecular weight excluding hydrogens is 360 g/mol. The van der Waals surface area contributed by atoms with Crippen molar-refractivity contribution in [2.45, 2.75) is 59.0 Å². The van der Waals surface area contributed by atoms with Crippen LogP contribution in [0.3, 0.4) is 0 Å².